The first kappa shape index (κ1) is 12.5. The van der Waals surface area contributed by atoms with Crippen LogP contribution in [0.3, 0.4) is 0 Å². The van der Waals surface area contributed by atoms with Crippen LogP contribution < -0.4 is 10.5 Å². The molecule has 2 unspecified atom stereocenters. The molecular weight excluding hydrogens is 238 g/mol. The zero-order valence-corrected chi connectivity index (χ0v) is 11.1. The van der Waals surface area contributed by atoms with Crippen molar-refractivity contribution in [2.75, 3.05) is 13.7 Å². The Balaban J connectivity index is 2.08. The fourth-order valence-electron chi connectivity index (χ4n) is 2.85. The molecular formula is C16H19NO2. The summed E-state index contributed by atoms with van der Waals surface area (Å²) in [7, 11) is 1.70. The Labute approximate surface area is 113 Å². The Hall–Kier alpha value is -1.58. The van der Waals surface area contributed by atoms with Crippen LogP contribution in [0, 0.1) is 0 Å². The van der Waals surface area contributed by atoms with E-state index < -0.39 is 0 Å². The number of hydrogen-bond donors (Lipinski definition) is 1. The van der Waals surface area contributed by atoms with Crippen LogP contribution in [0.1, 0.15) is 24.4 Å². The van der Waals surface area contributed by atoms with Gasteiger partial charge in [0, 0.05) is 12.0 Å². The number of ether oxygens (including phenoxy) is 2. The molecule has 19 heavy (non-hydrogen) atoms. The predicted molar refractivity (Wildman–Crippen MR) is 76.4 cm³/mol. The Morgan fingerprint density at radius 2 is 2.00 bits per heavy atom. The first-order chi connectivity index (χ1) is 9.31. The van der Waals surface area contributed by atoms with Gasteiger partial charge in [-0.3, -0.25) is 0 Å². The lowest BCUT2D eigenvalue weighted by Crippen LogP contribution is -2.25. The molecule has 1 aliphatic heterocycles. The second-order valence-corrected chi connectivity index (χ2v) is 4.98. The van der Waals surface area contributed by atoms with E-state index in [1.807, 2.05) is 18.2 Å². The van der Waals surface area contributed by atoms with Gasteiger partial charge in [0.15, 0.2) is 0 Å². The highest BCUT2D eigenvalue weighted by molar-refractivity contribution is 5.91. The highest BCUT2D eigenvalue weighted by Crippen LogP contribution is 2.34. The highest BCUT2D eigenvalue weighted by Gasteiger charge is 2.25. The lowest BCUT2D eigenvalue weighted by molar-refractivity contribution is 0.0904. The molecule has 2 N–H and O–H groups in total. The van der Waals surface area contributed by atoms with Gasteiger partial charge in [-0.25, -0.2) is 0 Å². The molecule has 2 aromatic carbocycles. The maximum absolute atomic E-state index is 6.39. The van der Waals surface area contributed by atoms with Crippen molar-refractivity contribution < 1.29 is 9.47 Å². The zero-order valence-electron chi connectivity index (χ0n) is 11.1. The molecule has 0 saturated carbocycles. The molecule has 0 aliphatic carbocycles. The van der Waals surface area contributed by atoms with Crippen molar-refractivity contribution in [3.05, 3.63) is 42.0 Å². The number of methoxy groups -OCH3 is 1. The molecule has 3 rings (SSSR count). The normalized spacial score (nSPS) is 20.6. The van der Waals surface area contributed by atoms with Gasteiger partial charge in [-0.1, -0.05) is 30.3 Å². The van der Waals surface area contributed by atoms with Crippen LogP contribution in [0.2, 0.25) is 0 Å². The molecule has 0 radical (unpaired) electrons. The minimum atomic E-state index is -0.0710. The summed E-state index contributed by atoms with van der Waals surface area (Å²) in [5.74, 6) is 0.888. The lowest BCUT2D eigenvalue weighted by Gasteiger charge is -2.21. The van der Waals surface area contributed by atoms with Crippen LogP contribution in [0.5, 0.6) is 5.75 Å². The molecule has 0 aromatic heterocycles. The summed E-state index contributed by atoms with van der Waals surface area (Å²) in [6.07, 6.45) is 2.28. The third-order valence-corrected chi connectivity index (χ3v) is 3.86. The number of hydrogen-bond acceptors (Lipinski definition) is 3. The van der Waals surface area contributed by atoms with Crippen LogP contribution in [0.15, 0.2) is 36.4 Å². The molecule has 1 aliphatic rings. The number of nitrogens with two attached hydrogens (primary N) is 1. The van der Waals surface area contributed by atoms with Gasteiger partial charge in [0.2, 0.25) is 0 Å². The fraction of sp³-hybridized carbons (Fsp3) is 0.375. The van der Waals surface area contributed by atoms with Gasteiger partial charge < -0.3 is 15.2 Å². The highest BCUT2D eigenvalue weighted by atomic mass is 16.5. The van der Waals surface area contributed by atoms with Gasteiger partial charge in [-0.2, -0.15) is 0 Å². The monoisotopic (exact) mass is 257 g/mol. The smallest absolute Gasteiger partial charge is 0.126 e. The largest absolute Gasteiger partial charge is 0.496 e. The molecule has 3 heteroatoms. The molecule has 0 spiro atoms. The fourth-order valence-corrected chi connectivity index (χ4v) is 2.85. The van der Waals surface area contributed by atoms with E-state index in [4.69, 9.17) is 15.2 Å². The molecule has 0 amide bonds. The topological polar surface area (TPSA) is 44.5 Å². The van der Waals surface area contributed by atoms with Gasteiger partial charge >= 0.3 is 0 Å². The standard InChI is InChI=1S/C16H19NO2/c1-18-14-9-8-13(11-5-2-3-6-12(11)14)16(17)15-7-4-10-19-15/h2-3,5-6,8-9,15-16H,4,7,10,17H2,1H3. The molecule has 1 heterocycles. The van der Waals surface area contributed by atoms with Crippen molar-refractivity contribution in [2.45, 2.75) is 25.0 Å². The lowest BCUT2D eigenvalue weighted by atomic mass is 9.94. The third kappa shape index (κ3) is 2.20. The van der Waals surface area contributed by atoms with E-state index in [2.05, 4.69) is 18.2 Å². The molecule has 1 saturated heterocycles. The molecule has 2 atom stereocenters. The van der Waals surface area contributed by atoms with Crippen LogP contribution in [0.25, 0.3) is 10.8 Å². The summed E-state index contributed by atoms with van der Waals surface area (Å²) < 4.78 is 11.1. The Kier molecular flexibility index (Phi) is 3.40. The SMILES string of the molecule is COc1ccc(C(N)C2CCCO2)c2ccccc12. The van der Waals surface area contributed by atoms with Crippen molar-refractivity contribution in [1.29, 1.82) is 0 Å². The Morgan fingerprint density at radius 3 is 2.68 bits per heavy atom. The summed E-state index contributed by atoms with van der Waals surface area (Å²) in [6.45, 7) is 0.826. The van der Waals surface area contributed by atoms with E-state index in [1.165, 1.54) is 0 Å². The zero-order chi connectivity index (χ0) is 13.2. The summed E-state index contributed by atoms with van der Waals surface area (Å²) in [4.78, 5) is 0. The number of fused-ring (bicyclic) bond motifs is 1. The summed E-state index contributed by atoms with van der Waals surface area (Å²) in [5.41, 5.74) is 7.53. The molecule has 1 fully saturated rings. The van der Waals surface area contributed by atoms with E-state index >= 15 is 0 Å². The van der Waals surface area contributed by atoms with Crippen LogP contribution >= 0.6 is 0 Å². The number of benzene rings is 2. The van der Waals surface area contributed by atoms with E-state index in [0.717, 1.165) is 41.5 Å². The summed E-state index contributed by atoms with van der Waals surface area (Å²) in [6, 6.07) is 12.2. The van der Waals surface area contributed by atoms with Gasteiger partial charge in [0.05, 0.1) is 19.3 Å². The predicted octanol–water partition coefficient (Wildman–Crippen LogP) is 3.03. The minimum absolute atomic E-state index is 0.0710. The second-order valence-electron chi connectivity index (χ2n) is 4.98. The van der Waals surface area contributed by atoms with Crippen molar-refractivity contribution in [3.63, 3.8) is 0 Å². The van der Waals surface area contributed by atoms with Crippen LogP contribution in [-0.4, -0.2) is 19.8 Å². The number of rotatable bonds is 3. The third-order valence-electron chi connectivity index (χ3n) is 3.86. The van der Waals surface area contributed by atoms with E-state index in [9.17, 15) is 0 Å². The van der Waals surface area contributed by atoms with Gasteiger partial charge in [-0.15, -0.1) is 0 Å². The van der Waals surface area contributed by atoms with Gasteiger partial charge in [0.25, 0.3) is 0 Å². The average Bonchev–Trinajstić information content (AvgIpc) is 2.99. The van der Waals surface area contributed by atoms with Crippen LogP contribution in [-0.2, 0) is 4.74 Å². The minimum Gasteiger partial charge on any atom is -0.496 e. The second kappa shape index (κ2) is 5.19. The van der Waals surface area contributed by atoms with E-state index in [1.54, 1.807) is 7.11 Å². The Morgan fingerprint density at radius 1 is 1.21 bits per heavy atom. The average molecular weight is 257 g/mol. The molecule has 100 valence electrons. The maximum Gasteiger partial charge on any atom is 0.126 e. The maximum atomic E-state index is 6.39. The molecule has 3 nitrogen and oxygen atoms in total. The van der Waals surface area contributed by atoms with Gasteiger partial charge in [-0.05, 0) is 29.9 Å². The first-order valence-electron chi connectivity index (χ1n) is 6.74. The van der Waals surface area contributed by atoms with Crippen LogP contribution in [0.4, 0.5) is 0 Å². The quantitative estimate of drug-likeness (QED) is 0.919. The van der Waals surface area contributed by atoms with Crippen molar-refractivity contribution in [3.8, 4) is 5.75 Å². The first-order valence-corrected chi connectivity index (χ1v) is 6.74. The molecule has 0 bridgehead atoms. The molecule has 2 aromatic rings. The van der Waals surface area contributed by atoms with Crippen molar-refractivity contribution in [2.24, 2.45) is 5.73 Å². The van der Waals surface area contributed by atoms with Crippen molar-refractivity contribution >= 4 is 10.8 Å². The van der Waals surface area contributed by atoms with Gasteiger partial charge in [0.1, 0.15) is 5.75 Å². The summed E-state index contributed by atoms with van der Waals surface area (Å²) >= 11 is 0. The van der Waals surface area contributed by atoms with Crippen molar-refractivity contribution in [1.82, 2.24) is 0 Å². The Bertz CT molecular complexity index is 576. The van der Waals surface area contributed by atoms with E-state index in [-0.39, 0.29) is 12.1 Å². The van der Waals surface area contributed by atoms with E-state index in [0.29, 0.717) is 0 Å². The summed E-state index contributed by atoms with van der Waals surface area (Å²) in [5, 5.41) is 2.26.